The molecule has 0 aliphatic carbocycles. The fourth-order valence-electron chi connectivity index (χ4n) is 1.74. The first-order valence-corrected chi connectivity index (χ1v) is 5.33. The van der Waals surface area contributed by atoms with Crippen LogP contribution in [0.15, 0.2) is 46.3 Å². The summed E-state index contributed by atoms with van der Waals surface area (Å²) in [5, 5.41) is 0.815. The molecule has 0 radical (unpaired) electrons. The molecule has 0 fully saturated rings. The van der Waals surface area contributed by atoms with E-state index < -0.39 is 5.76 Å². The Morgan fingerprint density at radius 3 is 2.78 bits per heavy atom. The Morgan fingerprint density at radius 2 is 2.00 bits per heavy atom. The zero-order valence-corrected chi connectivity index (χ0v) is 9.57. The molecule has 0 saturated heterocycles. The molecule has 2 aromatic heterocycles. The molecule has 0 aliphatic heterocycles. The van der Waals surface area contributed by atoms with Gasteiger partial charge in [-0.25, -0.2) is 4.79 Å². The van der Waals surface area contributed by atoms with Gasteiger partial charge in [-0.1, -0.05) is 22.1 Å². The summed E-state index contributed by atoms with van der Waals surface area (Å²) in [4.78, 5) is 23.4. The normalized spacial score (nSPS) is 10.7. The van der Waals surface area contributed by atoms with Gasteiger partial charge in [-0.2, -0.15) is 4.98 Å². The molecule has 0 spiro atoms. The Labute approximate surface area is 102 Å². The van der Waals surface area contributed by atoms with Gasteiger partial charge >= 0.3 is 11.7 Å². The minimum atomic E-state index is -0.525. The van der Waals surface area contributed by atoms with Gasteiger partial charge in [-0.05, 0) is 18.6 Å². The molecule has 6 nitrogen and oxygen atoms in total. The van der Waals surface area contributed by atoms with Gasteiger partial charge in [0.05, 0.1) is 6.20 Å². The van der Waals surface area contributed by atoms with E-state index in [1.165, 1.54) is 17.2 Å². The van der Waals surface area contributed by atoms with Crippen LogP contribution in [-0.4, -0.2) is 15.0 Å². The standard InChI is InChI=1S/C12H9N4O2/c1-8-3-2-4-9-5-16(12(17)18-10(8)9)11-14-6-13-7-15-11/h2-7H,1H3/q+1. The molecule has 0 unspecified atom stereocenters. The maximum atomic E-state index is 11.9. The molecule has 3 aromatic rings. The lowest BCUT2D eigenvalue weighted by molar-refractivity contribution is -0.630. The zero-order valence-electron chi connectivity index (χ0n) is 9.57. The van der Waals surface area contributed by atoms with E-state index in [0.717, 1.165) is 10.9 Å². The van der Waals surface area contributed by atoms with Gasteiger partial charge in [0.15, 0.2) is 12.7 Å². The molecule has 1 aromatic carbocycles. The first kappa shape index (κ1) is 10.5. The number of hydrogen-bond acceptors (Lipinski definition) is 5. The predicted octanol–water partition coefficient (Wildman–Crippen LogP) is 0.563. The number of fused-ring (bicyclic) bond motifs is 1. The minimum Gasteiger partial charge on any atom is -0.397 e. The number of benzene rings is 1. The van der Waals surface area contributed by atoms with Crippen LogP contribution in [0.1, 0.15) is 5.56 Å². The van der Waals surface area contributed by atoms with Crippen LogP contribution in [0.3, 0.4) is 0 Å². The van der Waals surface area contributed by atoms with Crippen molar-refractivity contribution in [3.63, 3.8) is 0 Å². The highest BCUT2D eigenvalue weighted by Crippen LogP contribution is 2.14. The second kappa shape index (κ2) is 3.99. The number of para-hydroxylation sites is 1. The molecule has 88 valence electrons. The van der Waals surface area contributed by atoms with Crippen molar-refractivity contribution < 1.29 is 8.98 Å². The van der Waals surface area contributed by atoms with Crippen LogP contribution in [0.25, 0.3) is 16.9 Å². The third-order valence-corrected chi connectivity index (χ3v) is 2.59. The molecule has 2 heterocycles. The summed E-state index contributed by atoms with van der Waals surface area (Å²) < 4.78 is 6.54. The highest BCUT2D eigenvalue weighted by Gasteiger charge is 2.15. The molecule has 3 rings (SSSR count). The lowest BCUT2D eigenvalue weighted by Crippen LogP contribution is -2.48. The summed E-state index contributed by atoms with van der Waals surface area (Å²) in [6, 6.07) is 5.65. The third kappa shape index (κ3) is 1.64. The van der Waals surface area contributed by atoms with Gasteiger partial charge < -0.3 is 4.42 Å². The Hall–Kier alpha value is -2.63. The molecule has 0 bridgehead atoms. The minimum absolute atomic E-state index is 0.238. The van der Waals surface area contributed by atoms with Gasteiger partial charge in [0, 0.05) is 5.39 Å². The molecule has 0 atom stereocenters. The van der Waals surface area contributed by atoms with Crippen molar-refractivity contribution in [2.75, 3.05) is 0 Å². The van der Waals surface area contributed by atoms with Crippen molar-refractivity contribution in [1.29, 1.82) is 0 Å². The Morgan fingerprint density at radius 1 is 1.22 bits per heavy atom. The molecule has 0 aliphatic rings. The van der Waals surface area contributed by atoms with Crippen molar-refractivity contribution in [2.45, 2.75) is 6.92 Å². The monoisotopic (exact) mass is 241 g/mol. The van der Waals surface area contributed by atoms with E-state index in [-0.39, 0.29) is 5.95 Å². The zero-order chi connectivity index (χ0) is 12.5. The average Bonchev–Trinajstić information content (AvgIpc) is 2.40. The van der Waals surface area contributed by atoms with Gasteiger partial charge in [-0.3, -0.25) is 0 Å². The summed E-state index contributed by atoms with van der Waals surface area (Å²) in [6.07, 6.45) is 4.31. The van der Waals surface area contributed by atoms with Crippen LogP contribution in [0.4, 0.5) is 0 Å². The number of aryl methyl sites for hydroxylation is 1. The SMILES string of the molecule is Cc1cccc2c[n+](-c3ncncn3)c(=O)oc12. The van der Waals surface area contributed by atoms with Crippen LogP contribution in [0.2, 0.25) is 0 Å². The molecule has 0 amide bonds. The number of rotatable bonds is 1. The van der Waals surface area contributed by atoms with Crippen molar-refractivity contribution in [1.82, 2.24) is 15.0 Å². The number of nitrogens with zero attached hydrogens (tertiary/aromatic N) is 4. The largest absolute Gasteiger partial charge is 0.488 e. The van der Waals surface area contributed by atoms with Crippen LogP contribution >= 0.6 is 0 Å². The van der Waals surface area contributed by atoms with Gasteiger partial charge in [0.1, 0.15) is 5.58 Å². The lowest BCUT2D eigenvalue weighted by Gasteiger charge is -2.00. The van der Waals surface area contributed by atoms with E-state index in [2.05, 4.69) is 15.0 Å². The molecule has 6 heteroatoms. The maximum absolute atomic E-state index is 11.9. The highest BCUT2D eigenvalue weighted by molar-refractivity contribution is 5.77. The second-order valence-corrected chi connectivity index (χ2v) is 3.80. The van der Waals surface area contributed by atoms with E-state index in [1.54, 1.807) is 6.20 Å². The van der Waals surface area contributed by atoms with E-state index in [4.69, 9.17) is 4.42 Å². The first-order valence-electron chi connectivity index (χ1n) is 5.33. The van der Waals surface area contributed by atoms with E-state index in [1.807, 2.05) is 25.1 Å². The van der Waals surface area contributed by atoms with E-state index in [9.17, 15) is 4.79 Å². The van der Waals surface area contributed by atoms with Gasteiger partial charge in [0.25, 0.3) is 0 Å². The Balaban J connectivity index is 2.33. The lowest BCUT2D eigenvalue weighted by atomic mass is 10.2. The van der Waals surface area contributed by atoms with Crippen molar-refractivity contribution in [3.8, 4) is 5.95 Å². The summed E-state index contributed by atoms with van der Waals surface area (Å²) in [6.45, 7) is 1.89. The third-order valence-electron chi connectivity index (χ3n) is 2.59. The average molecular weight is 241 g/mol. The van der Waals surface area contributed by atoms with Gasteiger partial charge in [0.2, 0.25) is 0 Å². The van der Waals surface area contributed by atoms with E-state index in [0.29, 0.717) is 5.58 Å². The van der Waals surface area contributed by atoms with Crippen LogP contribution in [0, 0.1) is 6.92 Å². The van der Waals surface area contributed by atoms with Crippen LogP contribution in [0.5, 0.6) is 0 Å². The second-order valence-electron chi connectivity index (χ2n) is 3.80. The summed E-state index contributed by atoms with van der Waals surface area (Å²) >= 11 is 0. The quantitative estimate of drug-likeness (QED) is 0.582. The van der Waals surface area contributed by atoms with E-state index >= 15 is 0 Å². The molecular formula is C12H9N4O2+. The maximum Gasteiger partial charge on any atom is 0.488 e. The number of aromatic nitrogens is 4. The summed E-state index contributed by atoms with van der Waals surface area (Å²) in [5.74, 6) is -0.287. The van der Waals surface area contributed by atoms with Crippen LogP contribution in [-0.2, 0) is 0 Å². The molecular weight excluding hydrogens is 232 g/mol. The Bertz CT molecular complexity index is 768. The predicted molar refractivity (Wildman–Crippen MR) is 62.1 cm³/mol. The highest BCUT2D eigenvalue weighted by atomic mass is 16.4. The topological polar surface area (TPSA) is 72.8 Å². The van der Waals surface area contributed by atoms with Crippen molar-refractivity contribution in [2.24, 2.45) is 0 Å². The summed E-state index contributed by atoms with van der Waals surface area (Å²) in [5.41, 5.74) is 1.49. The molecule has 0 saturated carbocycles. The Kier molecular flexibility index (Phi) is 2.33. The number of hydrogen-bond donors (Lipinski definition) is 0. The van der Waals surface area contributed by atoms with Gasteiger partial charge in [-0.15, -0.1) is 4.57 Å². The fraction of sp³-hybridized carbons (Fsp3) is 0.0833. The molecule has 0 N–H and O–H groups in total. The summed E-state index contributed by atoms with van der Waals surface area (Å²) in [7, 11) is 0. The first-order chi connectivity index (χ1) is 8.75. The molecule has 18 heavy (non-hydrogen) atoms. The van der Waals surface area contributed by atoms with Crippen molar-refractivity contribution >= 4 is 11.0 Å². The fourth-order valence-corrected chi connectivity index (χ4v) is 1.74. The smallest absolute Gasteiger partial charge is 0.397 e. The van der Waals surface area contributed by atoms with Crippen LogP contribution < -0.4 is 10.3 Å². The van der Waals surface area contributed by atoms with Crippen molar-refractivity contribution in [3.05, 3.63) is 53.2 Å².